The van der Waals surface area contributed by atoms with E-state index >= 15 is 0 Å². The van der Waals surface area contributed by atoms with Gasteiger partial charge in [-0.1, -0.05) is 0 Å². The molecule has 5 heteroatoms. The van der Waals surface area contributed by atoms with Crippen LogP contribution in [0, 0.1) is 5.41 Å². The Kier molecular flexibility index (Phi) is 1.30. The van der Waals surface area contributed by atoms with Gasteiger partial charge >= 0.3 is 0 Å². The van der Waals surface area contributed by atoms with E-state index in [1.165, 1.54) is 10.6 Å². The fraction of sp³-hybridized carbons (Fsp3) is 0. The molecule has 2 aromatic rings. The maximum absolute atomic E-state index is 10.7. The van der Waals surface area contributed by atoms with Crippen molar-refractivity contribution in [2.75, 3.05) is 0 Å². The summed E-state index contributed by atoms with van der Waals surface area (Å²) in [6.45, 7) is 0. The lowest BCUT2D eigenvalue weighted by molar-refractivity contribution is -0.215. The van der Waals surface area contributed by atoms with Gasteiger partial charge in [0.2, 0.25) is 5.78 Å². The van der Waals surface area contributed by atoms with Crippen LogP contribution < -0.4 is 5.11 Å². The van der Waals surface area contributed by atoms with Crippen LogP contribution in [-0.4, -0.2) is 20.3 Å². The summed E-state index contributed by atoms with van der Waals surface area (Å²) in [5.41, 5.74) is 0.234. The van der Waals surface area contributed by atoms with Crippen molar-refractivity contribution in [3.63, 3.8) is 0 Å². The number of hydrogen-bond donors (Lipinski definition) is 1. The molecule has 1 N–H and O–H groups in total. The lowest BCUT2D eigenvalue weighted by Crippen LogP contribution is -2.18. The fourth-order valence-electron chi connectivity index (χ4n) is 0.996. The number of imidazole rings is 1. The van der Waals surface area contributed by atoms with Gasteiger partial charge in [0.1, 0.15) is 0 Å². The summed E-state index contributed by atoms with van der Waals surface area (Å²) < 4.78 is 1.48. The molecule has 0 aromatic carbocycles. The third kappa shape index (κ3) is 0.833. The Balaban J connectivity index is 2.79. The van der Waals surface area contributed by atoms with E-state index in [1.54, 1.807) is 18.5 Å². The van der Waals surface area contributed by atoms with Crippen LogP contribution in [-0.2, 0) is 0 Å². The first kappa shape index (κ1) is 6.78. The summed E-state index contributed by atoms with van der Waals surface area (Å²) in [6, 6.07) is 1.68. The summed E-state index contributed by atoms with van der Waals surface area (Å²) in [6.07, 6.45) is 4.58. The zero-order chi connectivity index (χ0) is 8.55. The molecule has 0 saturated carbocycles. The molecule has 0 spiro atoms. The molecule has 12 heavy (non-hydrogen) atoms. The predicted octanol–water partition coefficient (Wildman–Crippen LogP) is -0.585. The molecular formula is C7H5N4O-. The van der Waals surface area contributed by atoms with E-state index in [0.717, 1.165) is 0 Å². The van der Waals surface area contributed by atoms with Gasteiger partial charge < -0.3 is 10.5 Å². The average molecular weight is 161 g/mol. The highest BCUT2D eigenvalue weighted by Gasteiger charge is 2.00. The maximum atomic E-state index is 10.7. The van der Waals surface area contributed by atoms with Gasteiger partial charge in [-0.05, 0) is 6.07 Å². The summed E-state index contributed by atoms with van der Waals surface area (Å²) in [5, 5.41) is 17.6. The number of nitrogens with zero attached hydrogens (tertiary/aromatic N) is 3. The second-order valence-corrected chi connectivity index (χ2v) is 2.26. The van der Waals surface area contributed by atoms with Crippen LogP contribution in [0.4, 0.5) is 0 Å². The minimum atomic E-state index is -0.754. The van der Waals surface area contributed by atoms with E-state index in [2.05, 4.69) is 9.97 Å². The number of hydrogen-bond acceptors (Lipinski definition) is 4. The summed E-state index contributed by atoms with van der Waals surface area (Å²) >= 11 is 0. The quantitative estimate of drug-likeness (QED) is 0.448. The van der Waals surface area contributed by atoms with Gasteiger partial charge in [0.15, 0.2) is 0 Å². The summed E-state index contributed by atoms with van der Waals surface area (Å²) in [4.78, 5) is 7.75. The second kappa shape index (κ2) is 2.30. The van der Waals surface area contributed by atoms with Gasteiger partial charge in [0, 0.05) is 18.3 Å². The van der Waals surface area contributed by atoms with Crippen LogP contribution >= 0.6 is 0 Å². The minimum Gasteiger partial charge on any atom is -0.858 e. The van der Waals surface area contributed by atoms with Gasteiger partial charge in [-0.2, -0.15) is 0 Å². The molecule has 2 rings (SSSR count). The van der Waals surface area contributed by atoms with Crippen LogP contribution in [0.2, 0.25) is 0 Å². The largest absolute Gasteiger partial charge is 0.858 e. The van der Waals surface area contributed by atoms with Crippen LogP contribution in [0.3, 0.4) is 0 Å². The molecule has 0 atom stereocenters. The highest BCUT2D eigenvalue weighted by molar-refractivity contribution is 5.86. The monoisotopic (exact) mass is 161 g/mol. The number of aromatic nitrogens is 3. The van der Waals surface area contributed by atoms with E-state index in [0.29, 0.717) is 5.78 Å². The summed E-state index contributed by atoms with van der Waals surface area (Å²) in [7, 11) is 0. The van der Waals surface area contributed by atoms with Gasteiger partial charge in [-0.15, -0.1) is 0 Å². The van der Waals surface area contributed by atoms with E-state index in [1.807, 2.05) is 0 Å². The third-order valence-electron chi connectivity index (χ3n) is 1.52. The first-order chi connectivity index (χ1) is 5.79. The lowest BCUT2D eigenvalue weighted by atomic mass is 10.5. The molecule has 60 valence electrons. The molecular weight excluding hydrogens is 156 g/mol. The Morgan fingerprint density at radius 1 is 1.50 bits per heavy atom. The standard InChI is InChI=1S/C7H6N4O/c8-6(12)5-4-10-7-9-2-1-3-11(5)7/h1-4H,(H2,8,12)/p-1. The van der Waals surface area contributed by atoms with E-state index in [9.17, 15) is 5.11 Å². The van der Waals surface area contributed by atoms with Gasteiger partial charge in [0.25, 0.3) is 0 Å². The molecule has 0 saturated heterocycles. The zero-order valence-electron chi connectivity index (χ0n) is 6.06. The van der Waals surface area contributed by atoms with Crippen molar-refractivity contribution < 1.29 is 5.11 Å². The molecule has 0 fully saturated rings. The third-order valence-corrected chi connectivity index (χ3v) is 1.52. The Morgan fingerprint density at radius 2 is 2.33 bits per heavy atom. The number of rotatable bonds is 1. The molecule has 0 radical (unpaired) electrons. The van der Waals surface area contributed by atoms with Gasteiger partial charge in [-0.3, -0.25) is 4.40 Å². The first-order valence-electron chi connectivity index (χ1n) is 3.33. The van der Waals surface area contributed by atoms with Crippen LogP contribution in [0.5, 0.6) is 0 Å². The van der Waals surface area contributed by atoms with Crippen molar-refractivity contribution in [2.24, 2.45) is 0 Å². The van der Waals surface area contributed by atoms with Crippen molar-refractivity contribution in [2.45, 2.75) is 0 Å². The predicted molar refractivity (Wildman–Crippen MR) is 39.8 cm³/mol. The number of nitrogens with one attached hydrogen (secondary N) is 1. The average Bonchev–Trinajstić information content (AvgIpc) is 2.47. The first-order valence-corrected chi connectivity index (χ1v) is 3.33. The summed E-state index contributed by atoms with van der Waals surface area (Å²) in [5.74, 6) is -0.316. The Labute approximate surface area is 67.8 Å². The minimum absolute atomic E-state index is 0.234. The molecule has 0 aliphatic carbocycles. The van der Waals surface area contributed by atoms with Crippen LogP contribution in [0.1, 0.15) is 5.69 Å². The SMILES string of the molecule is N=C([O-])c1cnc2ncccn12. The molecule has 0 unspecified atom stereocenters. The van der Waals surface area contributed by atoms with Crippen molar-refractivity contribution in [3.05, 3.63) is 30.4 Å². The fourth-order valence-corrected chi connectivity index (χ4v) is 0.996. The lowest BCUT2D eigenvalue weighted by Gasteiger charge is -2.04. The Bertz CT molecular complexity index is 434. The molecule has 0 aliphatic rings. The van der Waals surface area contributed by atoms with E-state index in [-0.39, 0.29) is 5.69 Å². The second-order valence-electron chi connectivity index (χ2n) is 2.26. The number of fused-ring (bicyclic) bond motifs is 1. The maximum Gasteiger partial charge on any atom is 0.234 e. The molecule has 2 heterocycles. The normalized spacial score (nSPS) is 10.3. The van der Waals surface area contributed by atoms with Crippen LogP contribution in [0.15, 0.2) is 24.7 Å². The smallest absolute Gasteiger partial charge is 0.234 e. The van der Waals surface area contributed by atoms with Gasteiger partial charge in [0.05, 0.1) is 11.9 Å². The molecule has 5 nitrogen and oxygen atoms in total. The Hall–Kier alpha value is -1.91. The molecule has 0 aliphatic heterocycles. The molecule has 2 aromatic heterocycles. The molecule has 0 amide bonds. The van der Waals surface area contributed by atoms with E-state index in [4.69, 9.17) is 5.41 Å². The van der Waals surface area contributed by atoms with Crippen molar-refractivity contribution in [1.82, 2.24) is 14.4 Å². The Morgan fingerprint density at radius 3 is 3.08 bits per heavy atom. The van der Waals surface area contributed by atoms with Crippen molar-refractivity contribution in [3.8, 4) is 0 Å². The highest BCUT2D eigenvalue weighted by atomic mass is 16.3. The van der Waals surface area contributed by atoms with Crippen molar-refractivity contribution in [1.29, 1.82) is 5.41 Å². The van der Waals surface area contributed by atoms with E-state index < -0.39 is 5.90 Å². The molecule has 0 bridgehead atoms. The highest BCUT2D eigenvalue weighted by Crippen LogP contribution is 2.01. The topological polar surface area (TPSA) is 77.1 Å². The van der Waals surface area contributed by atoms with Crippen molar-refractivity contribution >= 4 is 11.7 Å². The van der Waals surface area contributed by atoms with Crippen LogP contribution in [0.25, 0.3) is 5.78 Å². The van der Waals surface area contributed by atoms with Gasteiger partial charge in [-0.25, -0.2) is 9.97 Å². The zero-order valence-corrected chi connectivity index (χ0v) is 6.06.